The van der Waals surface area contributed by atoms with Crippen molar-refractivity contribution in [3.05, 3.63) is 10.6 Å². The molecule has 1 aliphatic carbocycles. The highest BCUT2D eigenvalue weighted by Crippen LogP contribution is 2.38. The lowest BCUT2D eigenvalue weighted by molar-refractivity contribution is -0.138. The minimum absolute atomic E-state index is 0.394. The van der Waals surface area contributed by atoms with Gasteiger partial charge < -0.3 is 9.84 Å². The number of carbonyl (C=O) groups excluding carboxylic acids is 1. The van der Waals surface area contributed by atoms with Gasteiger partial charge in [0.15, 0.2) is 5.13 Å². The molecule has 1 aromatic heterocycles. The number of carboxylic acid groups (broad SMARTS) is 1. The first-order valence-corrected chi connectivity index (χ1v) is 6.80. The van der Waals surface area contributed by atoms with E-state index in [1.807, 2.05) is 0 Å². The van der Waals surface area contributed by atoms with Gasteiger partial charge in [-0.1, -0.05) is 0 Å². The molecule has 1 aliphatic rings. The number of carboxylic acids is 1. The van der Waals surface area contributed by atoms with Crippen molar-refractivity contribution in [3.8, 4) is 0 Å². The van der Waals surface area contributed by atoms with Crippen molar-refractivity contribution in [2.24, 2.45) is 0 Å². The largest absolute Gasteiger partial charge is 0.481 e. The summed E-state index contributed by atoms with van der Waals surface area (Å²) in [5.41, 5.74) is -0.00298. The predicted molar refractivity (Wildman–Crippen MR) is 70.7 cm³/mol. The number of nitrogens with zero attached hydrogens (tertiary/aromatic N) is 1. The van der Waals surface area contributed by atoms with Gasteiger partial charge in [-0.2, -0.15) is 0 Å². The summed E-state index contributed by atoms with van der Waals surface area (Å²) < 4.78 is 5.12. The standard InChI is InChI=1S/C12H16N2O4S/c1-12(2,3)18-11(17)14-10-13-8-6(9(15)16)4-5-7(8)19-10/h6H,4-5H2,1-3H3,(H,15,16)(H,13,14,17)/t6-/m0/s1. The number of hydrogen-bond acceptors (Lipinski definition) is 5. The number of rotatable bonds is 2. The summed E-state index contributed by atoms with van der Waals surface area (Å²) in [6.07, 6.45) is 0.697. The van der Waals surface area contributed by atoms with Crippen molar-refractivity contribution in [3.63, 3.8) is 0 Å². The second-order valence-electron chi connectivity index (χ2n) is 5.38. The van der Waals surface area contributed by atoms with E-state index in [2.05, 4.69) is 10.3 Å². The number of aromatic nitrogens is 1. The molecule has 1 heterocycles. The molecule has 0 fully saturated rings. The molecule has 0 radical (unpaired) electrons. The van der Waals surface area contributed by atoms with Crippen LogP contribution in [0.15, 0.2) is 0 Å². The van der Waals surface area contributed by atoms with Crippen molar-refractivity contribution in [1.82, 2.24) is 4.98 Å². The number of fused-ring (bicyclic) bond motifs is 1. The molecular formula is C12H16N2O4S. The number of thiazole rings is 1. The molecule has 2 rings (SSSR count). The summed E-state index contributed by atoms with van der Waals surface area (Å²) >= 11 is 1.31. The number of carbonyl (C=O) groups is 2. The van der Waals surface area contributed by atoms with E-state index in [0.29, 0.717) is 23.7 Å². The van der Waals surface area contributed by atoms with E-state index in [-0.39, 0.29) is 0 Å². The number of amides is 1. The summed E-state index contributed by atoms with van der Waals surface area (Å²) in [6, 6.07) is 0. The summed E-state index contributed by atoms with van der Waals surface area (Å²) in [5.74, 6) is -1.42. The first-order chi connectivity index (χ1) is 8.76. The van der Waals surface area contributed by atoms with Crippen LogP contribution in [-0.2, 0) is 16.0 Å². The van der Waals surface area contributed by atoms with Gasteiger partial charge in [-0.25, -0.2) is 9.78 Å². The summed E-state index contributed by atoms with van der Waals surface area (Å²) in [5, 5.41) is 12.0. The smallest absolute Gasteiger partial charge is 0.413 e. The third kappa shape index (κ3) is 3.23. The molecule has 19 heavy (non-hydrogen) atoms. The van der Waals surface area contributed by atoms with E-state index < -0.39 is 23.6 Å². The average Bonchev–Trinajstić information content (AvgIpc) is 2.71. The third-order valence-corrected chi connectivity index (χ3v) is 3.67. The first-order valence-electron chi connectivity index (χ1n) is 5.98. The molecular weight excluding hydrogens is 268 g/mol. The average molecular weight is 284 g/mol. The van der Waals surface area contributed by atoms with E-state index in [0.717, 1.165) is 4.88 Å². The second-order valence-corrected chi connectivity index (χ2v) is 6.47. The zero-order valence-corrected chi connectivity index (χ0v) is 11.8. The maximum absolute atomic E-state index is 11.6. The van der Waals surface area contributed by atoms with Crippen LogP contribution in [0.25, 0.3) is 0 Å². The Morgan fingerprint density at radius 3 is 2.74 bits per heavy atom. The van der Waals surface area contributed by atoms with Crippen LogP contribution in [0.4, 0.5) is 9.93 Å². The van der Waals surface area contributed by atoms with Crippen LogP contribution in [0.5, 0.6) is 0 Å². The van der Waals surface area contributed by atoms with Crippen LogP contribution in [0, 0.1) is 0 Å². The highest BCUT2D eigenvalue weighted by molar-refractivity contribution is 7.16. The number of anilines is 1. The molecule has 6 nitrogen and oxygen atoms in total. The zero-order chi connectivity index (χ0) is 14.2. The maximum atomic E-state index is 11.6. The van der Waals surface area contributed by atoms with Crippen molar-refractivity contribution < 1.29 is 19.4 Å². The topological polar surface area (TPSA) is 88.5 Å². The van der Waals surface area contributed by atoms with E-state index >= 15 is 0 Å². The van der Waals surface area contributed by atoms with Crippen LogP contribution in [-0.4, -0.2) is 27.8 Å². The molecule has 2 N–H and O–H groups in total. The van der Waals surface area contributed by atoms with Gasteiger partial charge >= 0.3 is 12.1 Å². The molecule has 1 amide bonds. The molecule has 0 bridgehead atoms. The fourth-order valence-electron chi connectivity index (χ4n) is 1.91. The summed E-state index contributed by atoms with van der Waals surface area (Å²) in [4.78, 5) is 27.7. The monoisotopic (exact) mass is 284 g/mol. The predicted octanol–water partition coefficient (Wildman–Crippen LogP) is 2.60. The van der Waals surface area contributed by atoms with E-state index in [1.54, 1.807) is 20.8 Å². The Kier molecular flexibility index (Phi) is 3.49. The second kappa shape index (κ2) is 4.80. The Morgan fingerprint density at radius 1 is 1.47 bits per heavy atom. The van der Waals surface area contributed by atoms with Crippen LogP contribution in [0.3, 0.4) is 0 Å². The minimum Gasteiger partial charge on any atom is -0.481 e. The Hall–Kier alpha value is -1.63. The Morgan fingerprint density at radius 2 is 2.16 bits per heavy atom. The molecule has 0 aliphatic heterocycles. The first kappa shape index (κ1) is 13.8. The van der Waals surface area contributed by atoms with E-state index in [4.69, 9.17) is 9.84 Å². The van der Waals surface area contributed by atoms with Crippen molar-refractivity contribution in [2.45, 2.75) is 45.1 Å². The van der Waals surface area contributed by atoms with Gasteiger partial charge in [0.05, 0.1) is 5.69 Å². The number of ether oxygens (including phenoxy) is 1. The van der Waals surface area contributed by atoms with Gasteiger partial charge in [0, 0.05) is 4.88 Å². The van der Waals surface area contributed by atoms with Gasteiger partial charge in [-0.3, -0.25) is 10.1 Å². The van der Waals surface area contributed by atoms with Gasteiger partial charge in [-0.05, 0) is 33.6 Å². The van der Waals surface area contributed by atoms with Crippen molar-refractivity contribution in [1.29, 1.82) is 0 Å². The maximum Gasteiger partial charge on any atom is 0.413 e. The molecule has 0 spiro atoms. The Labute approximate surface area is 114 Å². The van der Waals surface area contributed by atoms with E-state index in [9.17, 15) is 9.59 Å². The SMILES string of the molecule is CC(C)(C)OC(=O)Nc1nc2c(s1)CC[C@@H]2C(=O)O. The zero-order valence-electron chi connectivity index (χ0n) is 11.0. The molecule has 0 saturated heterocycles. The highest BCUT2D eigenvalue weighted by Gasteiger charge is 2.32. The van der Waals surface area contributed by atoms with Gasteiger partial charge in [0.1, 0.15) is 11.5 Å². The number of nitrogens with one attached hydrogen (secondary N) is 1. The number of hydrogen-bond donors (Lipinski definition) is 2. The van der Waals surface area contributed by atoms with Crippen LogP contribution in [0.2, 0.25) is 0 Å². The summed E-state index contributed by atoms with van der Waals surface area (Å²) in [6.45, 7) is 5.32. The number of aliphatic carboxylic acids is 1. The fraction of sp³-hybridized carbons (Fsp3) is 0.583. The molecule has 1 atom stereocenters. The van der Waals surface area contributed by atoms with Crippen LogP contribution >= 0.6 is 11.3 Å². The van der Waals surface area contributed by atoms with E-state index in [1.165, 1.54) is 11.3 Å². The third-order valence-electron chi connectivity index (χ3n) is 2.62. The Bertz CT molecular complexity index is 518. The molecule has 104 valence electrons. The molecule has 7 heteroatoms. The molecule has 0 unspecified atom stereocenters. The number of aryl methyl sites for hydroxylation is 1. The lowest BCUT2D eigenvalue weighted by Crippen LogP contribution is -2.27. The molecule has 0 aromatic carbocycles. The van der Waals surface area contributed by atoms with Gasteiger partial charge in [-0.15, -0.1) is 11.3 Å². The lowest BCUT2D eigenvalue weighted by Gasteiger charge is -2.18. The van der Waals surface area contributed by atoms with Crippen LogP contribution < -0.4 is 5.32 Å². The van der Waals surface area contributed by atoms with Gasteiger partial charge in [0.2, 0.25) is 0 Å². The van der Waals surface area contributed by atoms with Gasteiger partial charge in [0.25, 0.3) is 0 Å². The Balaban J connectivity index is 2.07. The van der Waals surface area contributed by atoms with Crippen molar-refractivity contribution in [2.75, 3.05) is 5.32 Å². The summed E-state index contributed by atoms with van der Waals surface area (Å²) in [7, 11) is 0. The molecule has 0 saturated carbocycles. The lowest BCUT2D eigenvalue weighted by atomic mass is 10.1. The quantitative estimate of drug-likeness (QED) is 0.871. The normalized spacial score (nSPS) is 17.9. The van der Waals surface area contributed by atoms with Crippen molar-refractivity contribution >= 4 is 28.5 Å². The minimum atomic E-state index is -0.868. The molecule has 1 aromatic rings. The highest BCUT2D eigenvalue weighted by atomic mass is 32.1. The fourth-order valence-corrected chi connectivity index (χ4v) is 2.94. The van der Waals surface area contributed by atoms with Crippen LogP contribution in [0.1, 0.15) is 43.7 Å².